The molecule has 0 saturated heterocycles. The maximum absolute atomic E-state index is 11.4. The molecule has 2 aliphatic rings. The molecular formula is C18H37BNO3. The molecule has 0 heterocycles. The lowest BCUT2D eigenvalue weighted by atomic mass is 9.80. The van der Waals surface area contributed by atoms with Crippen LogP contribution in [0.5, 0.6) is 0 Å². The van der Waals surface area contributed by atoms with E-state index in [1.165, 1.54) is 40.2 Å². The Bertz CT molecular complexity index is 315. The highest BCUT2D eigenvalue weighted by molar-refractivity contribution is 6.25. The van der Waals surface area contributed by atoms with E-state index in [4.69, 9.17) is 5.02 Å². The standard InChI is InChI=1S/C15H26BO3.C2H6.CH5N/c1-2-4-10-7-11-9-14(15(17)18)12(13(11)8-10)5-3-6-16-19;2*1-2/h10-14,19H,2-9H2,1H3,(H,17,18);1-2H3;2H2,1H3. The molecule has 23 heavy (non-hydrogen) atoms. The summed E-state index contributed by atoms with van der Waals surface area (Å²) in [5, 5.41) is 18.2. The minimum atomic E-state index is -0.598. The van der Waals surface area contributed by atoms with E-state index in [2.05, 4.69) is 12.7 Å². The first-order chi connectivity index (χ1) is 11.2. The summed E-state index contributed by atoms with van der Waals surface area (Å²) in [4.78, 5) is 11.4. The minimum absolute atomic E-state index is 0.128. The van der Waals surface area contributed by atoms with Gasteiger partial charge in [-0.3, -0.25) is 4.79 Å². The molecule has 0 aromatic carbocycles. The van der Waals surface area contributed by atoms with Crippen molar-refractivity contribution in [3.63, 3.8) is 0 Å². The Morgan fingerprint density at radius 1 is 1.17 bits per heavy atom. The van der Waals surface area contributed by atoms with Crippen molar-refractivity contribution < 1.29 is 14.9 Å². The fourth-order valence-electron chi connectivity index (χ4n) is 4.66. The van der Waals surface area contributed by atoms with Crippen LogP contribution in [0.4, 0.5) is 0 Å². The van der Waals surface area contributed by atoms with Crippen LogP contribution in [0.3, 0.4) is 0 Å². The molecule has 135 valence electrons. The first-order valence-corrected chi connectivity index (χ1v) is 9.43. The predicted molar refractivity (Wildman–Crippen MR) is 97.3 cm³/mol. The number of nitrogens with two attached hydrogens (primary N) is 1. The molecule has 2 fully saturated rings. The molecule has 2 saturated carbocycles. The molecule has 5 heteroatoms. The van der Waals surface area contributed by atoms with Gasteiger partial charge in [-0.25, -0.2) is 0 Å². The Hall–Kier alpha value is -0.545. The van der Waals surface area contributed by atoms with E-state index in [0.29, 0.717) is 24.1 Å². The third-order valence-corrected chi connectivity index (χ3v) is 5.36. The highest BCUT2D eigenvalue weighted by atomic mass is 16.4. The van der Waals surface area contributed by atoms with Gasteiger partial charge in [0.15, 0.2) is 0 Å². The van der Waals surface area contributed by atoms with Crippen molar-refractivity contribution in [3.05, 3.63) is 0 Å². The number of fused-ring (bicyclic) bond motifs is 1. The lowest BCUT2D eigenvalue weighted by Crippen LogP contribution is -2.22. The molecule has 0 bridgehead atoms. The molecule has 4 N–H and O–H groups in total. The minimum Gasteiger partial charge on any atom is -0.481 e. The van der Waals surface area contributed by atoms with E-state index in [1.54, 1.807) is 0 Å². The molecule has 5 unspecified atom stereocenters. The van der Waals surface area contributed by atoms with Crippen LogP contribution in [0.15, 0.2) is 0 Å². The van der Waals surface area contributed by atoms with Gasteiger partial charge in [0.1, 0.15) is 0 Å². The Kier molecular flexibility index (Phi) is 12.5. The van der Waals surface area contributed by atoms with Crippen molar-refractivity contribution in [2.45, 2.75) is 72.0 Å². The molecular weight excluding hydrogens is 289 g/mol. The summed E-state index contributed by atoms with van der Waals surface area (Å²) in [6.07, 6.45) is 8.53. The highest BCUT2D eigenvalue weighted by Gasteiger charge is 2.49. The Labute approximate surface area is 143 Å². The van der Waals surface area contributed by atoms with Gasteiger partial charge in [-0.05, 0) is 56.4 Å². The fraction of sp³-hybridized carbons (Fsp3) is 0.944. The molecule has 0 aromatic heterocycles. The molecule has 4 nitrogen and oxygen atoms in total. The highest BCUT2D eigenvalue weighted by Crippen LogP contribution is 2.55. The number of carbonyl (C=O) groups is 1. The van der Waals surface area contributed by atoms with Gasteiger partial charge in [-0.1, -0.05) is 46.4 Å². The first-order valence-electron chi connectivity index (χ1n) is 9.43. The molecule has 1 radical (unpaired) electrons. The summed E-state index contributed by atoms with van der Waals surface area (Å²) < 4.78 is 0. The summed E-state index contributed by atoms with van der Waals surface area (Å²) in [6.45, 7) is 6.24. The Morgan fingerprint density at radius 3 is 2.35 bits per heavy atom. The van der Waals surface area contributed by atoms with Crippen LogP contribution in [0.2, 0.25) is 6.32 Å². The summed E-state index contributed by atoms with van der Waals surface area (Å²) in [5.74, 6) is 1.75. The second kappa shape index (κ2) is 12.8. The van der Waals surface area contributed by atoms with Crippen LogP contribution < -0.4 is 5.73 Å². The smallest absolute Gasteiger partial charge is 0.306 e. The summed E-state index contributed by atoms with van der Waals surface area (Å²) in [7, 11) is 2.71. The number of rotatable bonds is 7. The largest absolute Gasteiger partial charge is 0.481 e. The zero-order valence-electron chi connectivity index (χ0n) is 15.5. The third kappa shape index (κ3) is 6.46. The van der Waals surface area contributed by atoms with Crippen molar-refractivity contribution in [2.24, 2.45) is 35.3 Å². The number of carboxylic acids is 1. The maximum atomic E-state index is 11.4. The van der Waals surface area contributed by atoms with Crippen molar-refractivity contribution >= 4 is 13.5 Å². The van der Waals surface area contributed by atoms with E-state index in [-0.39, 0.29) is 5.92 Å². The number of aliphatic carboxylic acids is 1. The summed E-state index contributed by atoms with van der Waals surface area (Å²) in [6, 6.07) is 0. The monoisotopic (exact) mass is 326 g/mol. The quantitative estimate of drug-likeness (QED) is 0.493. The van der Waals surface area contributed by atoms with Crippen molar-refractivity contribution in [2.75, 3.05) is 7.05 Å². The Morgan fingerprint density at radius 2 is 1.83 bits per heavy atom. The van der Waals surface area contributed by atoms with Crippen molar-refractivity contribution in [1.29, 1.82) is 0 Å². The molecule has 0 aromatic rings. The van der Waals surface area contributed by atoms with Gasteiger partial charge in [-0.15, -0.1) is 0 Å². The van der Waals surface area contributed by atoms with E-state index < -0.39 is 5.97 Å². The molecule has 0 aliphatic heterocycles. The van der Waals surface area contributed by atoms with Gasteiger partial charge in [0, 0.05) is 0 Å². The van der Waals surface area contributed by atoms with Crippen LogP contribution in [-0.2, 0) is 4.79 Å². The van der Waals surface area contributed by atoms with Crippen molar-refractivity contribution in [3.8, 4) is 0 Å². The molecule has 0 amide bonds. The maximum Gasteiger partial charge on any atom is 0.306 e. The number of hydrogen-bond donors (Lipinski definition) is 3. The zero-order chi connectivity index (χ0) is 17.8. The van der Waals surface area contributed by atoms with Crippen LogP contribution in [0.1, 0.15) is 65.7 Å². The lowest BCUT2D eigenvalue weighted by Gasteiger charge is -2.22. The van der Waals surface area contributed by atoms with E-state index >= 15 is 0 Å². The summed E-state index contributed by atoms with van der Waals surface area (Å²) in [5.41, 5.74) is 4.50. The normalized spacial score (nSPS) is 31.3. The molecule has 5 atom stereocenters. The molecule has 2 rings (SSSR count). The third-order valence-electron chi connectivity index (χ3n) is 5.36. The van der Waals surface area contributed by atoms with Gasteiger partial charge in [0.05, 0.1) is 5.92 Å². The van der Waals surface area contributed by atoms with E-state index in [9.17, 15) is 9.90 Å². The zero-order valence-corrected chi connectivity index (χ0v) is 15.5. The van der Waals surface area contributed by atoms with Gasteiger partial charge in [0.2, 0.25) is 0 Å². The second-order valence-electron chi connectivity index (χ2n) is 6.51. The number of carboxylic acid groups (broad SMARTS) is 1. The van der Waals surface area contributed by atoms with E-state index in [1.807, 2.05) is 13.8 Å². The van der Waals surface area contributed by atoms with Gasteiger partial charge in [0.25, 0.3) is 7.48 Å². The second-order valence-corrected chi connectivity index (χ2v) is 6.51. The van der Waals surface area contributed by atoms with Crippen molar-refractivity contribution in [1.82, 2.24) is 0 Å². The van der Waals surface area contributed by atoms with Crippen LogP contribution >= 0.6 is 0 Å². The SMILES string of the molecule is CC.CCCC1CC2CC(C(=O)O)C(CCC[B]O)C2C1.CN. The van der Waals surface area contributed by atoms with Crippen LogP contribution in [-0.4, -0.2) is 30.6 Å². The van der Waals surface area contributed by atoms with Gasteiger partial charge in [-0.2, -0.15) is 0 Å². The van der Waals surface area contributed by atoms with Crippen LogP contribution in [0.25, 0.3) is 0 Å². The van der Waals surface area contributed by atoms with E-state index in [0.717, 1.165) is 25.2 Å². The topological polar surface area (TPSA) is 83.5 Å². The average molecular weight is 326 g/mol. The lowest BCUT2D eigenvalue weighted by molar-refractivity contribution is -0.143. The Balaban J connectivity index is 0.00000112. The fourth-order valence-corrected chi connectivity index (χ4v) is 4.66. The molecule has 2 aliphatic carbocycles. The first kappa shape index (κ1) is 22.5. The summed E-state index contributed by atoms with van der Waals surface area (Å²) >= 11 is 0. The predicted octanol–water partition coefficient (Wildman–Crippen LogP) is 3.56. The van der Waals surface area contributed by atoms with Crippen LogP contribution in [0, 0.1) is 29.6 Å². The number of hydrogen-bond acceptors (Lipinski definition) is 3. The average Bonchev–Trinajstić information content (AvgIpc) is 3.10. The van der Waals surface area contributed by atoms with Gasteiger partial charge >= 0.3 is 5.97 Å². The van der Waals surface area contributed by atoms with Gasteiger partial charge < -0.3 is 15.9 Å². The molecule has 0 spiro atoms.